The third-order valence-corrected chi connectivity index (χ3v) is 3.34. The lowest BCUT2D eigenvalue weighted by molar-refractivity contribution is 0.252. The summed E-state index contributed by atoms with van der Waals surface area (Å²) in [7, 11) is 0. The predicted octanol–water partition coefficient (Wildman–Crippen LogP) is 3.89. The normalized spacial score (nSPS) is 16.0. The Morgan fingerprint density at radius 2 is 2.12 bits per heavy atom. The monoisotopic (exact) mass is 234 g/mol. The van der Waals surface area contributed by atoms with Crippen molar-refractivity contribution in [1.82, 2.24) is 0 Å². The minimum absolute atomic E-state index is 0.605. The third-order valence-electron chi connectivity index (χ3n) is 3.05. The number of terminal acetylenes is 1. The number of ether oxygens (including phenoxy) is 1. The molecule has 2 heteroatoms. The van der Waals surface area contributed by atoms with Gasteiger partial charge in [0.25, 0.3) is 0 Å². The van der Waals surface area contributed by atoms with Gasteiger partial charge in [-0.25, -0.2) is 0 Å². The van der Waals surface area contributed by atoms with E-state index in [1.807, 2.05) is 12.1 Å². The van der Waals surface area contributed by atoms with Crippen LogP contribution < -0.4 is 4.74 Å². The summed E-state index contributed by atoms with van der Waals surface area (Å²) < 4.78 is 5.72. The molecule has 1 aliphatic rings. The smallest absolute Gasteiger partial charge is 0.137 e. The van der Waals surface area contributed by atoms with Gasteiger partial charge in [-0.1, -0.05) is 30.4 Å². The molecule has 0 aromatic heterocycles. The molecule has 1 aromatic rings. The Morgan fingerprint density at radius 1 is 1.38 bits per heavy atom. The first-order chi connectivity index (χ1) is 7.79. The number of halogens is 1. The van der Waals surface area contributed by atoms with E-state index in [0.717, 1.165) is 17.9 Å². The van der Waals surface area contributed by atoms with Gasteiger partial charge >= 0.3 is 0 Å². The maximum atomic E-state index is 6.07. The van der Waals surface area contributed by atoms with E-state index in [0.29, 0.717) is 10.9 Å². The molecule has 1 saturated carbocycles. The van der Waals surface area contributed by atoms with Gasteiger partial charge in [-0.2, -0.15) is 0 Å². The number of rotatable bonds is 3. The number of hydrogen-bond acceptors (Lipinski definition) is 1. The summed E-state index contributed by atoms with van der Waals surface area (Å²) in [4.78, 5) is 0. The molecule has 0 amide bonds. The average molecular weight is 235 g/mol. The van der Waals surface area contributed by atoms with E-state index in [4.69, 9.17) is 22.8 Å². The third kappa shape index (κ3) is 2.71. The Kier molecular flexibility index (Phi) is 3.74. The van der Waals surface area contributed by atoms with Crippen LogP contribution in [0.2, 0.25) is 5.02 Å². The van der Waals surface area contributed by atoms with Crippen molar-refractivity contribution in [2.75, 3.05) is 6.61 Å². The van der Waals surface area contributed by atoms with E-state index < -0.39 is 0 Å². The van der Waals surface area contributed by atoms with Gasteiger partial charge in [-0.05, 0) is 37.0 Å². The lowest BCUT2D eigenvalue weighted by Crippen LogP contribution is -2.08. The average Bonchev–Trinajstić information content (AvgIpc) is 2.80. The van der Waals surface area contributed by atoms with Gasteiger partial charge in [0.05, 0.1) is 11.6 Å². The van der Waals surface area contributed by atoms with Crippen LogP contribution >= 0.6 is 11.6 Å². The molecule has 84 valence electrons. The van der Waals surface area contributed by atoms with Crippen LogP contribution in [0.25, 0.3) is 0 Å². The topological polar surface area (TPSA) is 9.23 Å². The molecule has 1 aliphatic carbocycles. The summed E-state index contributed by atoms with van der Waals surface area (Å²) in [6.45, 7) is 0.773. The molecule has 2 rings (SSSR count). The van der Waals surface area contributed by atoms with Crippen molar-refractivity contribution in [3.05, 3.63) is 28.8 Å². The summed E-state index contributed by atoms with van der Waals surface area (Å²) in [6.07, 6.45) is 10.5. The van der Waals surface area contributed by atoms with Gasteiger partial charge in [-0.15, -0.1) is 6.42 Å². The minimum Gasteiger partial charge on any atom is -0.492 e. The van der Waals surface area contributed by atoms with Crippen LogP contribution in [0.15, 0.2) is 18.2 Å². The van der Waals surface area contributed by atoms with Gasteiger partial charge in [0.15, 0.2) is 0 Å². The molecule has 0 N–H and O–H groups in total. The Morgan fingerprint density at radius 3 is 2.75 bits per heavy atom. The van der Waals surface area contributed by atoms with Crippen LogP contribution in [-0.4, -0.2) is 6.61 Å². The zero-order chi connectivity index (χ0) is 11.4. The van der Waals surface area contributed by atoms with Crippen LogP contribution in [0.3, 0.4) is 0 Å². The Labute approximate surface area is 102 Å². The van der Waals surface area contributed by atoms with Crippen molar-refractivity contribution in [3.63, 3.8) is 0 Å². The summed E-state index contributed by atoms with van der Waals surface area (Å²) >= 11 is 6.07. The van der Waals surface area contributed by atoms with Gasteiger partial charge in [0.2, 0.25) is 0 Å². The largest absolute Gasteiger partial charge is 0.492 e. The molecule has 1 fully saturated rings. The highest BCUT2D eigenvalue weighted by Gasteiger charge is 2.16. The van der Waals surface area contributed by atoms with E-state index >= 15 is 0 Å². The lowest BCUT2D eigenvalue weighted by Gasteiger charge is -2.12. The molecule has 0 aliphatic heterocycles. The first-order valence-electron chi connectivity index (χ1n) is 5.68. The van der Waals surface area contributed by atoms with Gasteiger partial charge in [-0.3, -0.25) is 0 Å². The quantitative estimate of drug-likeness (QED) is 0.721. The zero-order valence-corrected chi connectivity index (χ0v) is 9.96. The zero-order valence-electron chi connectivity index (χ0n) is 9.21. The van der Waals surface area contributed by atoms with E-state index in [-0.39, 0.29) is 0 Å². The summed E-state index contributed by atoms with van der Waals surface area (Å²) in [5, 5.41) is 0.605. The summed E-state index contributed by atoms with van der Waals surface area (Å²) in [5.74, 6) is 3.99. The SMILES string of the molecule is C#Cc1ccc(OCC2CCCC2)c(Cl)c1. The fourth-order valence-corrected chi connectivity index (χ4v) is 2.33. The van der Waals surface area contributed by atoms with Crippen LogP contribution in [0, 0.1) is 18.3 Å². The Bertz CT molecular complexity index is 400. The van der Waals surface area contributed by atoms with Crippen molar-refractivity contribution in [1.29, 1.82) is 0 Å². The number of hydrogen-bond donors (Lipinski definition) is 0. The molecule has 0 heterocycles. The molecular weight excluding hydrogens is 220 g/mol. The van der Waals surface area contributed by atoms with Crippen molar-refractivity contribution in [3.8, 4) is 18.1 Å². The standard InChI is InChI=1S/C14H15ClO/c1-2-11-7-8-14(13(15)9-11)16-10-12-5-3-4-6-12/h1,7-9,12H,3-6,10H2. The van der Waals surface area contributed by atoms with Gasteiger partial charge in [0.1, 0.15) is 5.75 Å². The van der Waals surface area contributed by atoms with Crippen molar-refractivity contribution in [2.45, 2.75) is 25.7 Å². The van der Waals surface area contributed by atoms with E-state index in [1.54, 1.807) is 6.07 Å². The van der Waals surface area contributed by atoms with Crippen LogP contribution in [0.1, 0.15) is 31.2 Å². The van der Waals surface area contributed by atoms with Crippen molar-refractivity contribution in [2.24, 2.45) is 5.92 Å². The second kappa shape index (κ2) is 5.27. The highest BCUT2D eigenvalue weighted by molar-refractivity contribution is 6.32. The lowest BCUT2D eigenvalue weighted by atomic mass is 10.1. The van der Waals surface area contributed by atoms with Crippen molar-refractivity contribution < 1.29 is 4.74 Å². The minimum atomic E-state index is 0.605. The molecular formula is C14H15ClO. The van der Waals surface area contributed by atoms with Crippen LogP contribution in [0.4, 0.5) is 0 Å². The highest BCUT2D eigenvalue weighted by atomic mass is 35.5. The molecule has 0 bridgehead atoms. The molecule has 0 atom stereocenters. The van der Waals surface area contributed by atoms with E-state index in [2.05, 4.69) is 5.92 Å². The first-order valence-corrected chi connectivity index (χ1v) is 6.06. The second-order valence-corrected chi connectivity index (χ2v) is 4.66. The Hall–Kier alpha value is -1.13. The molecule has 16 heavy (non-hydrogen) atoms. The van der Waals surface area contributed by atoms with Crippen LogP contribution in [-0.2, 0) is 0 Å². The molecule has 0 unspecified atom stereocenters. The molecule has 0 spiro atoms. The molecule has 1 nitrogen and oxygen atoms in total. The maximum absolute atomic E-state index is 6.07. The van der Waals surface area contributed by atoms with Gasteiger partial charge < -0.3 is 4.74 Å². The maximum Gasteiger partial charge on any atom is 0.137 e. The first kappa shape index (κ1) is 11.4. The predicted molar refractivity (Wildman–Crippen MR) is 66.8 cm³/mol. The van der Waals surface area contributed by atoms with E-state index in [9.17, 15) is 0 Å². The summed E-state index contributed by atoms with van der Waals surface area (Å²) in [5.41, 5.74) is 0.790. The van der Waals surface area contributed by atoms with Gasteiger partial charge in [0, 0.05) is 5.56 Å². The molecule has 0 saturated heterocycles. The second-order valence-electron chi connectivity index (χ2n) is 4.25. The fourth-order valence-electron chi connectivity index (χ4n) is 2.09. The molecule has 0 radical (unpaired) electrons. The number of benzene rings is 1. The summed E-state index contributed by atoms with van der Waals surface area (Å²) in [6, 6.07) is 5.48. The highest BCUT2D eigenvalue weighted by Crippen LogP contribution is 2.29. The van der Waals surface area contributed by atoms with Crippen LogP contribution in [0.5, 0.6) is 5.75 Å². The Balaban J connectivity index is 1.96. The molecule has 1 aromatic carbocycles. The fraction of sp³-hybridized carbons (Fsp3) is 0.429. The van der Waals surface area contributed by atoms with E-state index in [1.165, 1.54) is 25.7 Å². The van der Waals surface area contributed by atoms with Crippen molar-refractivity contribution >= 4 is 11.6 Å².